The van der Waals surface area contributed by atoms with E-state index in [4.69, 9.17) is 24.7 Å². The lowest BCUT2D eigenvalue weighted by atomic mass is 10.1. The second kappa shape index (κ2) is 9.69. The van der Waals surface area contributed by atoms with E-state index in [1.807, 2.05) is 6.07 Å². The van der Waals surface area contributed by atoms with Crippen molar-refractivity contribution in [1.29, 1.82) is 5.26 Å². The zero-order valence-electron chi connectivity index (χ0n) is 16.6. The van der Waals surface area contributed by atoms with Crippen LogP contribution >= 0.6 is 23.5 Å². The van der Waals surface area contributed by atoms with Crippen LogP contribution in [0.2, 0.25) is 0 Å². The predicted octanol–water partition coefficient (Wildman–Crippen LogP) is -0.164. The number of nitriles is 1. The summed E-state index contributed by atoms with van der Waals surface area (Å²) in [6.45, 7) is -1.02. The van der Waals surface area contributed by atoms with Crippen LogP contribution in [-0.4, -0.2) is 59.3 Å². The lowest BCUT2D eigenvalue weighted by Gasteiger charge is -2.19. The van der Waals surface area contributed by atoms with Gasteiger partial charge in [0.1, 0.15) is 18.3 Å². The highest BCUT2D eigenvalue weighted by molar-refractivity contribution is 7.66. The summed E-state index contributed by atoms with van der Waals surface area (Å²) >= 11 is 0. The van der Waals surface area contributed by atoms with Crippen LogP contribution < -0.4 is 5.56 Å². The molecule has 1 aliphatic rings. The first-order valence-electron chi connectivity index (χ1n) is 8.97. The second-order valence-electron chi connectivity index (χ2n) is 6.88. The molecule has 186 valence electrons. The summed E-state index contributed by atoms with van der Waals surface area (Å²) in [6, 6.07) is 7.64. The standard InChI is InChI=1S/C15H17N2O14P3/c16-6-8-1-2-10-9(5-8)3-4-17(14(10)20)15-13(19)12(18)11(29-15)7-28-33(24,25)31-34(26,27)30-32(21,22)23/h1-5,11-13,15,18-19H,7H2,(H,24,25)(H,26,27)(H2,21,22,23)/t11-,12-,13-,15-/m1/s1. The Morgan fingerprint density at radius 3 is 2.32 bits per heavy atom. The molecule has 6 atom stereocenters. The monoisotopic (exact) mass is 542 g/mol. The maximum absolute atomic E-state index is 12.8. The molecule has 34 heavy (non-hydrogen) atoms. The van der Waals surface area contributed by atoms with Crippen LogP contribution in [0.4, 0.5) is 0 Å². The summed E-state index contributed by atoms with van der Waals surface area (Å²) in [7, 11) is -16.8. The molecule has 0 amide bonds. The molecule has 1 aliphatic heterocycles. The van der Waals surface area contributed by atoms with E-state index < -0.39 is 60.2 Å². The Morgan fingerprint density at radius 2 is 1.71 bits per heavy atom. The number of aliphatic hydroxyl groups is 2. The third-order valence-corrected chi connectivity index (χ3v) is 8.29. The van der Waals surface area contributed by atoms with E-state index in [1.165, 1.54) is 30.5 Å². The van der Waals surface area contributed by atoms with E-state index in [-0.39, 0.29) is 5.39 Å². The molecule has 3 rings (SSSR count). The van der Waals surface area contributed by atoms with Gasteiger partial charge < -0.3 is 34.5 Å². The fourth-order valence-corrected chi connectivity index (χ4v) is 6.13. The highest BCUT2D eigenvalue weighted by Crippen LogP contribution is 2.66. The lowest BCUT2D eigenvalue weighted by Crippen LogP contribution is -2.35. The van der Waals surface area contributed by atoms with Crippen molar-refractivity contribution in [1.82, 2.24) is 4.57 Å². The van der Waals surface area contributed by atoms with Crippen molar-refractivity contribution < 1.29 is 61.4 Å². The minimum absolute atomic E-state index is 0.170. The zero-order valence-corrected chi connectivity index (χ0v) is 19.3. The molecule has 16 nitrogen and oxygen atoms in total. The van der Waals surface area contributed by atoms with Crippen LogP contribution in [0.25, 0.3) is 10.8 Å². The average molecular weight is 542 g/mol. The minimum atomic E-state index is -5.74. The summed E-state index contributed by atoms with van der Waals surface area (Å²) < 4.78 is 51.7. The first kappa shape index (κ1) is 26.8. The number of benzene rings is 1. The number of hydrogen-bond acceptors (Lipinski definition) is 11. The number of hydrogen-bond donors (Lipinski definition) is 6. The van der Waals surface area contributed by atoms with Gasteiger partial charge in [0.2, 0.25) is 0 Å². The minimum Gasteiger partial charge on any atom is -0.387 e. The fourth-order valence-electron chi connectivity index (χ4n) is 3.10. The summed E-state index contributed by atoms with van der Waals surface area (Å²) in [4.78, 5) is 48.5. The molecular formula is C15H17N2O14P3. The van der Waals surface area contributed by atoms with E-state index in [0.29, 0.717) is 10.9 Å². The van der Waals surface area contributed by atoms with Crippen molar-refractivity contribution in [2.75, 3.05) is 6.61 Å². The molecule has 0 bridgehead atoms. The molecule has 19 heteroatoms. The molecule has 2 heterocycles. The highest BCUT2D eigenvalue weighted by atomic mass is 31.3. The Morgan fingerprint density at radius 1 is 1.03 bits per heavy atom. The molecule has 1 fully saturated rings. The summed E-state index contributed by atoms with van der Waals surface area (Å²) in [5.74, 6) is 0. The zero-order chi connectivity index (χ0) is 25.5. The van der Waals surface area contributed by atoms with Gasteiger partial charge in [-0.2, -0.15) is 13.9 Å². The maximum Gasteiger partial charge on any atom is 0.490 e. The molecule has 1 saturated heterocycles. The van der Waals surface area contributed by atoms with Gasteiger partial charge in [-0.05, 0) is 29.7 Å². The number of fused-ring (bicyclic) bond motifs is 1. The Bertz CT molecular complexity index is 1330. The van der Waals surface area contributed by atoms with Crippen LogP contribution in [0, 0.1) is 11.3 Å². The molecular weight excluding hydrogens is 525 g/mol. The quantitative estimate of drug-likeness (QED) is 0.237. The lowest BCUT2D eigenvalue weighted by molar-refractivity contribution is -0.0533. The van der Waals surface area contributed by atoms with Crippen molar-refractivity contribution in [2.24, 2.45) is 0 Å². The van der Waals surface area contributed by atoms with Crippen LogP contribution in [0.5, 0.6) is 0 Å². The van der Waals surface area contributed by atoms with Crippen LogP contribution in [0.3, 0.4) is 0 Å². The summed E-state index contributed by atoms with van der Waals surface area (Å²) in [5, 5.41) is 30.1. The van der Waals surface area contributed by atoms with Crippen molar-refractivity contribution in [3.05, 3.63) is 46.4 Å². The number of aromatic nitrogens is 1. The van der Waals surface area contributed by atoms with Crippen LogP contribution in [0.15, 0.2) is 35.3 Å². The first-order chi connectivity index (χ1) is 15.6. The van der Waals surface area contributed by atoms with Gasteiger partial charge in [0.15, 0.2) is 6.23 Å². The topological polar surface area (TPSA) is 255 Å². The van der Waals surface area contributed by atoms with E-state index in [2.05, 4.69) is 13.1 Å². The number of nitrogens with zero attached hydrogens (tertiary/aromatic N) is 2. The van der Waals surface area contributed by atoms with Gasteiger partial charge in [-0.1, -0.05) is 0 Å². The third kappa shape index (κ3) is 6.25. The number of ether oxygens (including phenoxy) is 1. The molecule has 1 aromatic carbocycles. The summed E-state index contributed by atoms with van der Waals surface area (Å²) in [5.41, 5.74) is -0.338. The predicted molar refractivity (Wildman–Crippen MR) is 109 cm³/mol. The molecule has 0 spiro atoms. The smallest absolute Gasteiger partial charge is 0.387 e. The SMILES string of the molecule is N#Cc1ccc2c(=O)n([C@@H]3O[C@H](COP(=O)(O)OP(=O)(O)OP(=O)(O)O)[C@@H](O)[C@H]3O)ccc2c1. The Hall–Kier alpha value is -1.79. The van der Waals surface area contributed by atoms with Gasteiger partial charge >= 0.3 is 23.5 Å². The molecule has 6 N–H and O–H groups in total. The van der Waals surface area contributed by atoms with Crippen molar-refractivity contribution in [2.45, 2.75) is 24.5 Å². The van der Waals surface area contributed by atoms with E-state index in [1.54, 1.807) is 0 Å². The van der Waals surface area contributed by atoms with E-state index >= 15 is 0 Å². The van der Waals surface area contributed by atoms with Gasteiger partial charge in [-0.15, -0.1) is 0 Å². The third-order valence-electron chi connectivity index (χ3n) is 4.49. The van der Waals surface area contributed by atoms with Crippen molar-refractivity contribution in [3.8, 4) is 6.07 Å². The van der Waals surface area contributed by atoms with Crippen LogP contribution in [0.1, 0.15) is 11.8 Å². The number of aliphatic hydroxyl groups excluding tert-OH is 2. The molecule has 2 aromatic rings. The van der Waals surface area contributed by atoms with Gasteiger partial charge in [0, 0.05) is 11.6 Å². The first-order valence-corrected chi connectivity index (χ1v) is 13.5. The summed E-state index contributed by atoms with van der Waals surface area (Å²) in [6.07, 6.45) is -5.27. The van der Waals surface area contributed by atoms with Gasteiger partial charge in [-0.3, -0.25) is 13.9 Å². The number of phosphoric ester groups is 1. The van der Waals surface area contributed by atoms with Crippen molar-refractivity contribution >= 4 is 34.2 Å². The molecule has 0 radical (unpaired) electrons. The van der Waals surface area contributed by atoms with E-state index in [9.17, 15) is 33.6 Å². The van der Waals surface area contributed by atoms with Crippen LogP contribution in [-0.2, 0) is 31.6 Å². The molecule has 1 aromatic heterocycles. The maximum atomic E-state index is 12.8. The molecule has 0 saturated carbocycles. The fraction of sp³-hybridized carbons (Fsp3) is 0.333. The van der Waals surface area contributed by atoms with Gasteiger partial charge in [0.05, 0.1) is 18.2 Å². The Balaban J connectivity index is 1.74. The number of pyridine rings is 1. The van der Waals surface area contributed by atoms with Gasteiger partial charge in [-0.25, -0.2) is 13.7 Å². The normalized spacial score (nSPS) is 26.6. The number of phosphoric acid groups is 3. The second-order valence-corrected chi connectivity index (χ2v) is 11.3. The molecule has 0 aliphatic carbocycles. The highest BCUT2D eigenvalue weighted by Gasteiger charge is 2.46. The molecule has 2 unspecified atom stereocenters. The number of rotatable bonds is 8. The van der Waals surface area contributed by atoms with Crippen molar-refractivity contribution in [3.63, 3.8) is 0 Å². The Labute approximate surface area is 189 Å². The Kier molecular flexibility index (Phi) is 7.64. The van der Waals surface area contributed by atoms with Gasteiger partial charge in [0.25, 0.3) is 5.56 Å². The van der Waals surface area contributed by atoms with E-state index in [0.717, 1.165) is 4.57 Å². The average Bonchev–Trinajstić information content (AvgIpc) is 2.98. The largest absolute Gasteiger partial charge is 0.490 e.